The maximum atomic E-state index is 13.8. The van der Waals surface area contributed by atoms with Crippen LogP contribution in [0.15, 0.2) is 23.8 Å². The molecule has 4 aliphatic carbocycles. The fourth-order valence-electron chi connectivity index (χ4n) is 10.1. The monoisotopic (exact) mass is 454 g/mol. The molecule has 4 fully saturated rings. The first kappa shape index (κ1) is 23.6. The van der Waals surface area contributed by atoms with Crippen molar-refractivity contribution in [2.24, 2.45) is 39.4 Å². The van der Waals surface area contributed by atoms with E-state index in [2.05, 4.69) is 54.2 Å². The first-order chi connectivity index (χ1) is 15.3. The highest BCUT2D eigenvalue weighted by atomic mass is 16.6. The smallest absolute Gasteiger partial charge is 0.313 e. The Morgan fingerprint density at radius 1 is 1.09 bits per heavy atom. The first-order valence-corrected chi connectivity index (χ1v) is 13.6. The molecule has 8 atom stereocenters. The molecule has 184 valence electrons. The van der Waals surface area contributed by atoms with Crippen molar-refractivity contribution in [1.82, 2.24) is 0 Å². The zero-order chi connectivity index (χ0) is 24.0. The lowest BCUT2D eigenvalue weighted by atomic mass is 9.41. The van der Waals surface area contributed by atoms with Gasteiger partial charge in [0.05, 0.1) is 11.5 Å². The number of carbonyl (C=O) groups is 1. The number of hydrogen-bond acceptors (Lipinski definition) is 3. The molecule has 0 bridgehead atoms. The Bertz CT molecular complexity index is 900. The Labute approximate surface area is 201 Å². The minimum absolute atomic E-state index is 0.0581. The molecular weight excluding hydrogens is 408 g/mol. The summed E-state index contributed by atoms with van der Waals surface area (Å²) >= 11 is 0. The molecule has 5 rings (SSSR count). The summed E-state index contributed by atoms with van der Waals surface area (Å²) in [4.78, 5) is 13.8. The van der Waals surface area contributed by atoms with Gasteiger partial charge in [-0.25, -0.2) is 0 Å². The number of allylic oxidation sites excluding steroid dienone is 3. The van der Waals surface area contributed by atoms with Crippen molar-refractivity contribution in [3.63, 3.8) is 0 Å². The fraction of sp³-hybridized carbons (Fsp3) is 0.833. The van der Waals surface area contributed by atoms with Gasteiger partial charge in [0.2, 0.25) is 0 Å². The largest absolute Gasteiger partial charge is 0.459 e. The van der Waals surface area contributed by atoms with Crippen molar-refractivity contribution in [2.75, 3.05) is 0 Å². The number of esters is 1. The lowest BCUT2D eigenvalue weighted by Gasteiger charge is -2.63. The third-order valence-electron chi connectivity index (χ3n) is 11.9. The quantitative estimate of drug-likeness (QED) is 0.368. The van der Waals surface area contributed by atoms with Gasteiger partial charge in [0.25, 0.3) is 0 Å². The lowest BCUT2D eigenvalue weighted by molar-refractivity contribution is -0.163. The highest BCUT2D eigenvalue weighted by molar-refractivity contribution is 5.83. The van der Waals surface area contributed by atoms with E-state index in [1.807, 2.05) is 0 Å². The molecular formula is C30H46O3. The molecule has 3 nitrogen and oxygen atoms in total. The van der Waals surface area contributed by atoms with Crippen LogP contribution in [0.5, 0.6) is 0 Å². The second kappa shape index (κ2) is 7.21. The number of aliphatic hydroxyl groups excluding tert-OH is 1. The number of rotatable bonds is 4. The number of carbonyl (C=O) groups excluding carboxylic acids is 1. The molecule has 0 radical (unpaired) electrons. The lowest BCUT2D eigenvalue weighted by Crippen LogP contribution is -2.59. The van der Waals surface area contributed by atoms with Crippen LogP contribution in [-0.2, 0) is 9.53 Å². The van der Waals surface area contributed by atoms with Crippen molar-refractivity contribution in [2.45, 2.75) is 117 Å². The molecule has 3 heteroatoms. The van der Waals surface area contributed by atoms with Crippen LogP contribution in [0.2, 0.25) is 0 Å². The summed E-state index contributed by atoms with van der Waals surface area (Å²) in [5, 5.41) is 10.8. The zero-order valence-corrected chi connectivity index (χ0v) is 21.9. The van der Waals surface area contributed by atoms with Gasteiger partial charge in [0.1, 0.15) is 5.60 Å². The van der Waals surface area contributed by atoms with Crippen LogP contribution in [0.25, 0.3) is 0 Å². The van der Waals surface area contributed by atoms with Gasteiger partial charge < -0.3 is 9.84 Å². The molecule has 1 saturated heterocycles. The minimum atomic E-state index is -0.347. The summed E-state index contributed by atoms with van der Waals surface area (Å²) in [7, 11) is 0. The number of cyclic esters (lactones) is 1. The highest BCUT2D eigenvalue weighted by Crippen LogP contribution is 2.76. The Hall–Kier alpha value is -1.09. The van der Waals surface area contributed by atoms with Crippen LogP contribution in [-0.4, -0.2) is 22.8 Å². The molecule has 1 heterocycles. The van der Waals surface area contributed by atoms with Crippen molar-refractivity contribution < 1.29 is 14.6 Å². The first-order valence-electron chi connectivity index (χ1n) is 13.6. The standard InChI is InChI=1S/C30H46O3/c1-19(2)9-8-15-29(7)23-13-17-28(6)21-10-11-22-26(3,4)24(31)14-16-27(22,5)20(21)12-18-30(23,28)25(32)33-29/h10,20,22-24,31H,1,8-9,11-18H2,2-7H3/t20-,22+,23-,24+,27-,28+,29+,30-/m1/s1. The summed E-state index contributed by atoms with van der Waals surface area (Å²) in [5.74, 6) is 1.45. The average molecular weight is 455 g/mol. The van der Waals surface area contributed by atoms with Gasteiger partial charge in [0.15, 0.2) is 0 Å². The summed E-state index contributed by atoms with van der Waals surface area (Å²) in [5.41, 5.74) is 2.17. The third-order valence-corrected chi connectivity index (χ3v) is 11.9. The van der Waals surface area contributed by atoms with Gasteiger partial charge in [-0.3, -0.25) is 4.79 Å². The summed E-state index contributed by atoms with van der Waals surface area (Å²) in [6.07, 6.45) is 12.6. The molecule has 0 aromatic carbocycles. The maximum absolute atomic E-state index is 13.8. The second-order valence-electron chi connectivity index (χ2n) is 13.8. The topological polar surface area (TPSA) is 46.5 Å². The number of hydrogen-bond donors (Lipinski definition) is 1. The zero-order valence-electron chi connectivity index (χ0n) is 21.9. The van der Waals surface area contributed by atoms with E-state index in [0.29, 0.717) is 17.8 Å². The van der Waals surface area contributed by atoms with E-state index in [1.165, 1.54) is 5.57 Å². The molecule has 5 aliphatic rings. The Kier molecular flexibility index (Phi) is 5.17. The molecule has 1 N–H and O–H groups in total. The Morgan fingerprint density at radius 2 is 1.82 bits per heavy atom. The summed E-state index contributed by atoms with van der Waals surface area (Å²) in [6.45, 7) is 17.9. The molecule has 0 aromatic heterocycles. The summed E-state index contributed by atoms with van der Waals surface area (Å²) in [6, 6.07) is 0. The van der Waals surface area contributed by atoms with Crippen LogP contribution in [0.4, 0.5) is 0 Å². The van der Waals surface area contributed by atoms with E-state index in [4.69, 9.17) is 4.74 Å². The third kappa shape index (κ3) is 2.87. The number of aliphatic hydroxyl groups is 1. The molecule has 0 aromatic rings. The van der Waals surface area contributed by atoms with Gasteiger partial charge in [-0.15, -0.1) is 6.58 Å². The van der Waals surface area contributed by atoms with Gasteiger partial charge in [-0.2, -0.15) is 0 Å². The predicted octanol–water partition coefficient (Wildman–Crippen LogP) is 6.99. The minimum Gasteiger partial charge on any atom is -0.459 e. The predicted molar refractivity (Wildman–Crippen MR) is 132 cm³/mol. The van der Waals surface area contributed by atoms with E-state index >= 15 is 0 Å². The summed E-state index contributed by atoms with van der Waals surface area (Å²) < 4.78 is 6.35. The van der Waals surface area contributed by atoms with Crippen LogP contribution < -0.4 is 0 Å². The number of fused-ring (bicyclic) bond motifs is 4. The van der Waals surface area contributed by atoms with Crippen LogP contribution in [0.1, 0.15) is 106 Å². The Balaban J connectivity index is 1.50. The molecule has 0 amide bonds. The van der Waals surface area contributed by atoms with E-state index in [-0.39, 0.29) is 39.3 Å². The van der Waals surface area contributed by atoms with Gasteiger partial charge in [0, 0.05) is 11.3 Å². The highest BCUT2D eigenvalue weighted by Gasteiger charge is 2.75. The molecule has 3 saturated carbocycles. The maximum Gasteiger partial charge on any atom is 0.313 e. The van der Waals surface area contributed by atoms with E-state index in [1.54, 1.807) is 5.57 Å². The van der Waals surface area contributed by atoms with Gasteiger partial charge >= 0.3 is 5.97 Å². The van der Waals surface area contributed by atoms with Crippen LogP contribution in [0, 0.1) is 39.4 Å². The van der Waals surface area contributed by atoms with E-state index < -0.39 is 0 Å². The van der Waals surface area contributed by atoms with Crippen LogP contribution >= 0.6 is 0 Å². The van der Waals surface area contributed by atoms with Gasteiger partial charge in [-0.05, 0) is 101 Å². The fourth-order valence-corrected chi connectivity index (χ4v) is 10.1. The van der Waals surface area contributed by atoms with E-state index in [0.717, 1.165) is 64.2 Å². The van der Waals surface area contributed by atoms with Crippen molar-refractivity contribution in [3.05, 3.63) is 23.8 Å². The normalized spacial score (nSPS) is 49.9. The molecule has 1 aliphatic heterocycles. The molecule has 1 spiro atoms. The number of ether oxygens (including phenoxy) is 1. The van der Waals surface area contributed by atoms with Crippen molar-refractivity contribution in [3.8, 4) is 0 Å². The molecule has 0 unspecified atom stereocenters. The second-order valence-corrected chi connectivity index (χ2v) is 13.8. The Morgan fingerprint density at radius 3 is 2.52 bits per heavy atom. The molecule has 33 heavy (non-hydrogen) atoms. The van der Waals surface area contributed by atoms with Crippen LogP contribution in [0.3, 0.4) is 0 Å². The SMILES string of the molecule is C=C(C)CCC[C@]1(C)OC(=O)[C@]23CC[C@@H]4C(=CC[C@H]5C(C)(C)[C@@H](O)CC[C@]45C)[C@]2(C)CC[C@@H]31. The van der Waals surface area contributed by atoms with E-state index in [9.17, 15) is 9.90 Å². The van der Waals surface area contributed by atoms with Crippen molar-refractivity contribution >= 4 is 5.97 Å². The average Bonchev–Trinajstić information content (AvgIpc) is 3.16. The van der Waals surface area contributed by atoms with Crippen molar-refractivity contribution in [1.29, 1.82) is 0 Å². The van der Waals surface area contributed by atoms with Gasteiger partial charge in [-0.1, -0.05) is 44.9 Å².